The van der Waals surface area contributed by atoms with E-state index in [9.17, 15) is 0 Å². The fourth-order valence-electron chi connectivity index (χ4n) is 1.12. The van der Waals surface area contributed by atoms with E-state index in [4.69, 9.17) is 0 Å². The van der Waals surface area contributed by atoms with Crippen molar-refractivity contribution in [3.05, 3.63) is 0 Å². The zero-order chi connectivity index (χ0) is 8.69. The topological polar surface area (TPSA) is 15.3 Å². The van der Waals surface area contributed by atoms with E-state index in [1.54, 1.807) is 0 Å². The first-order valence-corrected chi connectivity index (χ1v) is 4.75. The van der Waals surface area contributed by atoms with Crippen molar-refractivity contribution >= 4 is 0 Å². The Labute approximate surface area is 71.0 Å². The molecule has 68 valence electrons. The van der Waals surface area contributed by atoms with Crippen molar-refractivity contribution in [1.29, 1.82) is 0 Å². The predicted octanol–water partition coefficient (Wildman–Crippen LogP) is 1.33. The summed E-state index contributed by atoms with van der Waals surface area (Å²) in [5.74, 6) is 0. The molecule has 0 spiro atoms. The third-order valence-corrected chi connectivity index (χ3v) is 1.96. The van der Waals surface area contributed by atoms with Crippen molar-refractivity contribution in [2.75, 3.05) is 26.7 Å². The molecule has 1 rings (SSSR count). The van der Waals surface area contributed by atoms with E-state index in [-0.39, 0.29) is 0 Å². The average molecular weight is 158 g/mol. The van der Waals surface area contributed by atoms with Crippen LogP contribution in [0.15, 0.2) is 0 Å². The van der Waals surface area contributed by atoms with Crippen LogP contribution in [-0.4, -0.2) is 37.6 Å². The first-order chi connectivity index (χ1) is 5.34. The van der Waals surface area contributed by atoms with Gasteiger partial charge in [-0.25, -0.2) is 0 Å². The lowest BCUT2D eigenvalue weighted by Gasteiger charge is -2.35. The Hall–Kier alpha value is -0.0800. The van der Waals surface area contributed by atoms with Gasteiger partial charge in [0.2, 0.25) is 0 Å². The summed E-state index contributed by atoms with van der Waals surface area (Å²) in [6.07, 6.45) is 1.27. The second-order valence-electron chi connectivity index (χ2n) is 2.79. The first-order valence-electron chi connectivity index (χ1n) is 4.75. The van der Waals surface area contributed by atoms with Gasteiger partial charge in [0.15, 0.2) is 0 Å². The molecular weight excluding hydrogens is 136 g/mol. The maximum absolute atomic E-state index is 3.26. The second-order valence-corrected chi connectivity index (χ2v) is 2.79. The van der Waals surface area contributed by atoms with Crippen LogP contribution in [0.3, 0.4) is 0 Å². The zero-order valence-electron chi connectivity index (χ0n) is 8.35. The number of nitrogens with one attached hydrogen (secondary N) is 1. The summed E-state index contributed by atoms with van der Waals surface area (Å²) in [5.41, 5.74) is 0. The van der Waals surface area contributed by atoms with E-state index in [0.29, 0.717) is 0 Å². The largest absolute Gasteiger partial charge is 0.314 e. The molecule has 11 heavy (non-hydrogen) atoms. The van der Waals surface area contributed by atoms with E-state index < -0.39 is 0 Å². The maximum Gasteiger partial charge on any atom is 0.0342 e. The van der Waals surface area contributed by atoms with Crippen molar-refractivity contribution < 1.29 is 0 Å². The monoisotopic (exact) mass is 158 g/mol. The lowest BCUT2D eigenvalue weighted by atomic mass is 10.1. The Morgan fingerprint density at radius 1 is 1.36 bits per heavy atom. The standard InChI is InChI=1S/C7H16N2.C2H6/c1-3-4-9(2)7-5-8-6-7;1-2/h7-8H,3-6H2,1-2H3;1-2H3. The molecule has 1 aliphatic heterocycles. The summed E-state index contributed by atoms with van der Waals surface area (Å²) in [5, 5.41) is 3.26. The Morgan fingerprint density at radius 2 is 1.91 bits per heavy atom. The molecule has 0 aliphatic carbocycles. The van der Waals surface area contributed by atoms with Gasteiger partial charge in [-0.2, -0.15) is 0 Å². The number of hydrogen-bond donors (Lipinski definition) is 1. The van der Waals surface area contributed by atoms with Crippen LogP contribution in [-0.2, 0) is 0 Å². The molecule has 2 heteroatoms. The summed E-state index contributed by atoms with van der Waals surface area (Å²) < 4.78 is 0. The van der Waals surface area contributed by atoms with E-state index in [1.165, 1.54) is 26.1 Å². The molecule has 1 aliphatic rings. The fraction of sp³-hybridized carbons (Fsp3) is 1.00. The molecule has 1 heterocycles. The summed E-state index contributed by atoms with van der Waals surface area (Å²) >= 11 is 0. The lowest BCUT2D eigenvalue weighted by molar-refractivity contribution is 0.180. The molecular formula is C9H22N2. The molecule has 0 bridgehead atoms. The SMILES string of the molecule is CC.CCCN(C)C1CNC1. The van der Waals surface area contributed by atoms with E-state index in [1.807, 2.05) is 13.8 Å². The maximum atomic E-state index is 3.26. The van der Waals surface area contributed by atoms with Crippen molar-refractivity contribution in [3.63, 3.8) is 0 Å². The minimum atomic E-state index is 0.824. The smallest absolute Gasteiger partial charge is 0.0342 e. The molecule has 0 saturated carbocycles. The van der Waals surface area contributed by atoms with Gasteiger partial charge >= 0.3 is 0 Å². The highest BCUT2D eigenvalue weighted by molar-refractivity contribution is 4.82. The molecule has 2 nitrogen and oxygen atoms in total. The van der Waals surface area contributed by atoms with Gasteiger partial charge in [0.05, 0.1) is 0 Å². The number of hydrogen-bond acceptors (Lipinski definition) is 2. The lowest BCUT2D eigenvalue weighted by Crippen LogP contribution is -2.55. The molecule has 0 amide bonds. The van der Waals surface area contributed by atoms with E-state index in [2.05, 4.69) is 24.2 Å². The Balaban J connectivity index is 0.000000461. The van der Waals surface area contributed by atoms with Crippen molar-refractivity contribution in [2.45, 2.75) is 33.2 Å². The third kappa shape index (κ3) is 3.73. The van der Waals surface area contributed by atoms with Gasteiger partial charge in [0, 0.05) is 19.1 Å². The Kier molecular flexibility index (Phi) is 6.57. The molecule has 0 radical (unpaired) electrons. The molecule has 0 aromatic heterocycles. The highest BCUT2D eigenvalue weighted by atomic mass is 15.2. The average Bonchev–Trinajstić information content (AvgIpc) is 1.89. The second kappa shape index (κ2) is 6.62. The minimum Gasteiger partial charge on any atom is -0.314 e. The summed E-state index contributed by atoms with van der Waals surface area (Å²) in [7, 11) is 2.20. The summed E-state index contributed by atoms with van der Waals surface area (Å²) in [4.78, 5) is 2.43. The number of likely N-dealkylation sites (N-methyl/N-ethyl adjacent to an activating group) is 1. The predicted molar refractivity (Wildman–Crippen MR) is 50.9 cm³/mol. The Morgan fingerprint density at radius 3 is 2.18 bits per heavy atom. The van der Waals surface area contributed by atoms with Gasteiger partial charge in [-0.3, -0.25) is 0 Å². The normalized spacial score (nSPS) is 17.2. The number of nitrogens with zero attached hydrogens (tertiary/aromatic N) is 1. The molecule has 0 aromatic carbocycles. The Bertz CT molecular complexity index is 79.6. The van der Waals surface area contributed by atoms with Crippen LogP contribution in [0.5, 0.6) is 0 Å². The van der Waals surface area contributed by atoms with Gasteiger partial charge in [-0.1, -0.05) is 20.8 Å². The van der Waals surface area contributed by atoms with Crippen LogP contribution >= 0.6 is 0 Å². The minimum absolute atomic E-state index is 0.824. The summed E-state index contributed by atoms with van der Waals surface area (Å²) in [6, 6.07) is 0.824. The molecule has 1 saturated heterocycles. The van der Waals surface area contributed by atoms with Crippen LogP contribution in [0.25, 0.3) is 0 Å². The molecule has 1 N–H and O–H groups in total. The van der Waals surface area contributed by atoms with Crippen LogP contribution < -0.4 is 5.32 Å². The molecule has 1 fully saturated rings. The highest BCUT2D eigenvalue weighted by Crippen LogP contribution is 2.01. The quantitative estimate of drug-likeness (QED) is 0.666. The van der Waals surface area contributed by atoms with E-state index >= 15 is 0 Å². The van der Waals surface area contributed by atoms with Gasteiger partial charge in [-0.15, -0.1) is 0 Å². The van der Waals surface area contributed by atoms with Gasteiger partial charge in [-0.05, 0) is 20.0 Å². The molecule has 0 atom stereocenters. The first kappa shape index (κ1) is 10.9. The van der Waals surface area contributed by atoms with Crippen LogP contribution in [0.4, 0.5) is 0 Å². The third-order valence-electron chi connectivity index (χ3n) is 1.96. The zero-order valence-corrected chi connectivity index (χ0v) is 8.35. The fourth-order valence-corrected chi connectivity index (χ4v) is 1.12. The van der Waals surface area contributed by atoms with Gasteiger partial charge in [0.1, 0.15) is 0 Å². The molecule has 0 unspecified atom stereocenters. The molecule has 0 aromatic rings. The van der Waals surface area contributed by atoms with Gasteiger partial charge in [0.25, 0.3) is 0 Å². The van der Waals surface area contributed by atoms with Crippen LogP contribution in [0.2, 0.25) is 0 Å². The summed E-state index contributed by atoms with van der Waals surface area (Å²) in [6.45, 7) is 9.85. The van der Waals surface area contributed by atoms with Gasteiger partial charge < -0.3 is 10.2 Å². The van der Waals surface area contributed by atoms with Crippen molar-refractivity contribution in [1.82, 2.24) is 10.2 Å². The highest BCUT2D eigenvalue weighted by Gasteiger charge is 2.19. The van der Waals surface area contributed by atoms with Crippen LogP contribution in [0, 0.1) is 0 Å². The van der Waals surface area contributed by atoms with Crippen molar-refractivity contribution in [3.8, 4) is 0 Å². The number of rotatable bonds is 3. The van der Waals surface area contributed by atoms with E-state index in [0.717, 1.165) is 6.04 Å². The van der Waals surface area contributed by atoms with Crippen molar-refractivity contribution in [2.24, 2.45) is 0 Å². The van der Waals surface area contributed by atoms with Crippen LogP contribution in [0.1, 0.15) is 27.2 Å².